The minimum absolute atomic E-state index is 0.00427. The molecule has 2 saturated heterocycles. The monoisotopic (exact) mass is 508 g/mol. The van der Waals surface area contributed by atoms with Crippen molar-refractivity contribution in [3.8, 4) is 0 Å². The van der Waals surface area contributed by atoms with Crippen LogP contribution in [0.15, 0.2) is 24.3 Å². The van der Waals surface area contributed by atoms with Gasteiger partial charge in [-0.25, -0.2) is 4.79 Å². The Bertz CT molecular complexity index is 1140. The Kier molecular flexibility index (Phi) is 7.60. The molecule has 4 heterocycles. The van der Waals surface area contributed by atoms with Crippen LogP contribution in [-0.2, 0) is 28.9 Å². The number of ether oxygens (including phenoxy) is 2. The van der Waals surface area contributed by atoms with Crippen molar-refractivity contribution in [2.75, 3.05) is 39.5 Å². The topological polar surface area (TPSA) is 103 Å². The Labute approximate surface area is 217 Å². The molecule has 0 radical (unpaired) electrons. The molecule has 0 saturated carbocycles. The van der Waals surface area contributed by atoms with Crippen molar-refractivity contribution in [3.05, 3.63) is 52.3 Å². The number of hydrogen-bond donors (Lipinski definition) is 1. The van der Waals surface area contributed by atoms with Crippen LogP contribution in [0.3, 0.4) is 0 Å². The second-order valence-corrected chi connectivity index (χ2v) is 10.4. The standard InChI is InChI=1S/C28H36N4O5/c1-2-32-24-22(18-28(19-29-25(24)33)11-16-36-17-12-28)23(30-32)6-5-15-37-27(35)21-9-7-20(8-10-21)26(34)31-13-3-4-14-31/h7-10H,2-6,11-19H2,1H3,(H,29,33). The fourth-order valence-corrected chi connectivity index (χ4v) is 5.70. The van der Waals surface area contributed by atoms with Gasteiger partial charge < -0.3 is 19.7 Å². The summed E-state index contributed by atoms with van der Waals surface area (Å²) < 4.78 is 12.9. The largest absolute Gasteiger partial charge is 0.462 e. The van der Waals surface area contributed by atoms with Crippen molar-refractivity contribution in [1.29, 1.82) is 0 Å². The fraction of sp³-hybridized carbons (Fsp3) is 0.571. The first-order chi connectivity index (χ1) is 18.0. The van der Waals surface area contributed by atoms with E-state index in [1.807, 2.05) is 11.8 Å². The van der Waals surface area contributed by atoms with Gasteiger partial charge in [0.1, 0.15) is 5.69 Å². The molecule has 3 aliphatic heterocycles. The quantitative estimate of drug-likeness (QED) is 0.456. The molecule has 9 nitrogen and oxygen atoms in total. The molecule has 0 bridgehead atoms. The van der Waals surface area contributed by atoms with Gasteiger partial charge in [-0.05, 0) is 81.5 Å². The zero-order valence-corrected chi connectivity index (χ0v) is 21.6. The smallest absolute Gasteiger partial charge is 0.338 e. The normalized spacial score (nSPS) is 18.8. The van der Waals surface area contributed by atoms with E-state index in [1.165, 1.54) is 0 Å². The molecule has 1 spiro atoms. The van der Waals surface area contributed by atoms with Gasteiger partial charge in [0.2, 0.25) is 0 Å². The molecular weight excluding hydrogens is 472 g/mol. The van der Waals surface area contributed by atoms with Crippen molar-refractivity contribution >= 4 is 17.8 Å². The summed E-state index contributed by atoms with van der Waals surface area (Å²) in [5, 5.41) is 7.89. The summed E-state index contributed by atoms with van der Waals surface area (Å²) in [6, 6.07) is 6.70. The van der Waals surface area contributed by atoms with Crippen molar-refractivity contribution < 1.29 is 23.9 Å². The Hall–Kier alpha value is -3.20. The maximum atomic E-state index is 12.9. The highest BCUT2D eigenvalue weighted by Gasteiger charge is 2.39. The number of amides is 2. The molecule has 1 aromatic heterocycles. The number of aryl methyl sites for hydroxylation is 2. The molecule has 1 N–H and O–H groups in total. The van der Waals surface area contributed by atoms with Crippen LogP contribution in [0.2, 0.25) is 0 Å². The second kappa shape index (κ2) is 11.0. The van der Waals surface area contributed by atoms with Crippen LogP contribution in [0, 0.1) is 5.41 Å². The van der Waals surface area contributed by atoms with E-state index < -0.39 is 5.97 Å². The number of aromatic nitrogens is 2. The maximum Gasteiger partial charge on any atom is 0.338 e. The second-order valence-electron chi connectivity index (χ2n) is 10.4. The number of likely N-dealkylation sites (tertiary alicyclic amines) is 1. The zero-order chi connectivity index (χ0) is 25.8. The molecule has 37 heavy (non-hydrogen) atoms. The first kappa shape index (κ1) is 25.4. The third kappa shape index (κ3) is 5.42. The third-order valence-electron chi connectivity index (χ3n) is 7.93. The van der Waals surface area contributed by atoms with Gasteiger partial charge in [-0.2, -0.15) is 5.10 Å². The molecule has 2 fully saturated rings. The van der Waals surface area contributed by atoms with Gasteiger partial charge in [-0.3, -0.25) is 14.3 Å². The number of esters is 1. The minimum atomic E-state index is -0.404. The Morgan fingerprint density at radius 2 is 1.81 bits per heavy atom. The summed E-state index contributed by atoms with van der Waals surface area (Å²) in [5.74, 6) is -0.449. The summed E-state index contributed by atoms with van der Waals surface area (Å²) >= 11 is 0. The predicted molar refractivity (Wildman–Crippen MR) is 137 cm³/mol. The van der Waals surface area contributed by atoms with Crippen molar-refractivity contribution in [2.45, 2.75) is 58.4 Å². The first-order valence-electron chi connectivity index (χ1n) is 13.5. The van der Waals surface area contributed by atoms with Crippen LogP contribution in [0.1, 0.15) is 81.5 Å². The molecule has 2 amide bonds. The molecule has 3 aliphatic rings. The number of rotatable bonds is 7. The van der Waals surface area contributed by atoms with E-state index in [2.05, 4.69) is 5.32 Å². The highest BCUT2D eigenvalue weighted by molar-refractivity contribution is 5.96. The number of carbonyl (C=O) groups excluding carboxylic acids is 3. The molecule has 0 atom stereocenters. The van der Waals surface area contributed by atoms with Crippen LogP contribution in [0.4, 0.5) is 0 Å². The summed E-state index contributed by atoms with van der Waals surface area (Å²) in [7, 11) is 0. The highest BCUT2D eigenvalue weighted by atomic mass is 16.5. The van der Waals surface area contributed by atoms with E-state index >= 15 is 0 Å². The first-order valence-corrected chi connectivity index (χ1v) is 13.5. The highest BCUT2D eigenvalue weighted by Crippen LogP contribution is 2.37. The van der Waals surface area contributed by atoms with Gasteiger partial charge in [0.25, 0.3) is 11.8 Å². The lowest BCUT2D eigenvalue weighted by atomic mass is 9.75. The van der Waals surface area contributed by atoms with E-state index in [1.54, 1.807) is 28.9 Å². The van der Waals surface area contributed by atoms with Gasteiger partial charge in [0, 0.05) is 50.5 Å². The van der Waals surface area contributed by atoms with Gasteiger partial charge in [-0.15, -0.1) is 0 Å². The van der Waals surface area contributed by atoms with Crippen LogP contribution in [0.5, 0.6) is 0 Å². The van der Waals surface area contributed by atoms with Gasteiger partial charge in [-0.1, -0.05) is 0 Å². The predicted octanol–water partition coefficient (Wildman–Crippen LogP) is 3.01. The van der Waals surface area contributed by atoms with Crippen molar-refractivity contribution in [1.82, 2.24) is 20.0 Å². The van der Waals surface area contributed by atoms with Crippen molar-refractivity contribution in [2.24, 2.45) is 5.41 Å². The van der Waals surface area contributed by atoms with Crippen LogP contribution in [0.25, 0.3) is 0 Å². The SMILES string of the molecule is CCn1nc(CCCOC(=O)c2ccc(C(=O)N3CCCC3)cc2)c2c1C(=O)NCC1(CCOCC1)C2. The summed E-state index contributed by atoms with van der Waals surface area (Å²) in [6.07, 6.45) is 5.98. The van der Waals surface area contributed by atoms with E-state index in [4.69, 9.17) is 14.6 Å². The minimum Gasteiger partial charge on any atom is -0.462 e. The van der Waals surface area contributed by atoms with E-state index in [0.29, 0.717) is 56.0 Å². The molecular formula is C28H36N4O5. The average Bonchev–Trinajstić information content (AvgIpc) is 3.56. The van der Waals surface area contributed by atoms with Gasteiger partial charge in [0.05, 0.1) is 17.9 Å². The third-order valence-corrected chi connectivity index (χ3v) is 7.93. The molecule has 1 aromatic carbocycles. The Balaban J connectivity index is 1.19. The molecule has 0 aliphatic carbocycles. The molecule has 198 valence electrons. The maximum absolute atomic E-state index is 12.9. The number of fused-ring (bicyclic) bond motifs is 1. The van der Waals surface area contributed by atoms with Crippen LogP contribution >= 0.6 is 0 Å². The summed E-state index contributed by atoms with van der Waals surface area (Å²) in [6.45, 7) is 6.55. The van der Waals surface area contributed by atoms with E-state index in [0.717, 1.165) is 56.5 Å². The summed E-state index contributed by atoms with van der Waals surface area (Å²) in [4.78, 5) is 39.9. The fourth-order valence-electron chi connectivity index (χ4n) is 5.70. The average molecular weight is 509 g/mol. The van der Waals surface area contributed by atoms with Crippen LogP contribution < -0.4 is 5.32 Å². The van der Waals surface area contributed by atoms with Crippen molar-refractivity contribution in [3.63, 3.8) is 0 Å². The van der Waals surface area contributed by atoms with Gasteiger partial charge in [0.15, 0.2) is 0 Å². The summed E-state index contributed by atoms with van der Waals surface area (Å²) in [5.41, 5.74) is 3.65. The van der Waals surface area contributed by atoms with E-state index in [9.17, 15) is 14.4 Å². The number of hydrogen-bond acceptors (Lipinski definition) is 6. The molecule has 5 rings (SSSR count). The zero-order valence-electron chi connectivity index (χ0n) is 21.6. The molecule has 2 aromatic rings. The number of carbonyl (C=O) groups is 3. The van der Waals surface area contributed by atoms with E-state index in [-0.39, 0.29) is 23.8 Å². The molecule has 9 heteroatoms. The number of benzene rings is 1. The Morgan fingerprint density at radius 1 is 1.11 bits per heavy atom. The lowest BCUT2D eigenvalue weighted by Gasteiger charge is -2.36. The lowest BCUT2D eigenvalue weighted by molar-refractivity contribution is 0.0160. The Morgan fingerprint density at radius 3 is 2.51 bits per heavy atom. The number of nitrogens with one attached hydrogen (secondary N) is 1. The lowest BCUT2D eigenvalue weighted by Crippen LogP contribution is -2.40. The van der Waals surface area contributed by atoms with Crippen LogP contribution in [-0.4, -0.2) is 71.9 Å². The molecule has 0 unspecified atom stereocenters. The van der Waals surface area contributed by atoms with Gasteiger partial charge >= 0.3 is 5.97 Å². The number of nitrogens with zero attached hydrogens (tertiary/aromatic N) is 3.